The molecule has 0 amide bonds. The molecule has 3 rings (SSSR count). The van der Waals surface area contributed by atoms with Crippen LogP contribution in [0.1, 0.15) is 10.6 Å². The third kappa shape index (κ3) is 3.59. The molecule has 0 bridgehead atoms. The summed E-state index contributed by atoms with van der Waals surface area (Å²) in [7, 11) is 0. The molecule has 5 nitrogen and oxygen atoms in total. The molecule has 0 aliphatic heterocycles. The zero-order valence-corrected chi connectivity index (χ0v) is 13.7. The Bertz CT molecular complexity index is 905. The fourth-order valence-electron chi connectivity index (χ4n) is 2.02. The average molecular weight is 334 g/mol. The average Bonchev–Trinajstić information content (AvgIpc) is 3.08. The van der Waals surface area contributed by atoms with Crippen LogP contribution in [-0.4, -0.2) is 15.8 Å². The van der Waals surface area contributed by atoms with Gasteiger partial charge in [0.2, 0.25) is 0 Å². The van der Waals surface area contributed by atoms with E-state index in [0.29, 0.717) is 10.7 Å². The number of aromatic hydroxyl groups is 1. The second-order valence-corrected chi connectivity index (χ2v) is 5.99. The molecule has 0 spiro atoms. The summed E-state index contributed by atoms with van der Waals surface area (Å²) in [5.41, 5.74) is 6.70. The Labute approximate surface area is 143 Å². The SMILES string of the molecule is Cc1ccc(-c2csc(/C(C#N)=N\Nc3ccc(O)cc3)n2)cc1. The lowest BCUT2D eigenvalue weighted by atomic mass is 10.1. The molecule has 1 heterocycles. The van der Waals surface area contributed by atoms with Gasteiger partial charge in [-0.25, -0.2) is 4.98 Å². The number of hydrazone groups is 1. The number of hydrogen-bond acceptors (Lipinski definition) is 6. The van der Waals surface area contributed by atoms with Crippen molar-refractivity contribution in [2.24, 2.45) is 5.10 Å². The van der Waals surface area contributed by atoms with Crippen molar-refractivity contribution < 1.29 is 5.11 Å². The zero-order valence-electron chi connectivity index (χ0n) is 12.9. The standard InChI is InChI=1S/C18H14N4OS/c1-12-2-4-13(5-3-12)17-11-24-18(20-17)16(10-19)22-21-14-6-8-15(23)9-7-14/h2-9,11,21,23H,1H3/b22-16-. The molecule has 0 saturated carbocycles. The maximum atomic E-state index is 9.32. The number of aromatic nitrogens is 1. The Hall–Kier alpha value is -3.17. The first-order valence-corrected chi connectivity index (χ1v) is 8.09. The third-order valence-corrected chi connectivity index (χ3v) is 4.17. The summed E-state index contributed by atoms with van der Waals surface area (Å²) >= 11 is 1.37. The Morgan fingerprint density at radius 3 is 2.54 bits per heavy atom. The minimum absolute atomic E-state index is 0.174. The van der Waals surface area contributed by atoms with E-state index >= 15 is 0 Å². The number of phenols is 1. The van der Waals surface area contributed by atoms with Crippen molar-refractivity contribution in [3.8, 4) is 23.1 Å². The highest BCUT2D eigenvalue weighted by atomic mass is 32.1. The number of nitriles is 1. The summed E-state index contributed by atoms with van der Waals surface area (Å²) < 4.78 is 0. The molecule has 0 radical (unpaired) electrons. The van der Waals surface area contributed by atoms with Gasteiger partial charge in [-0.1, -0.05) is 29.8 Å². The Morgan fingerprint density at radius 1 is 1.17 bits per heavy atom. The topological polar surface area (TPSA) is 81.3 Å². The lowest BCUT2D eigenvalue weighted by Crippen LogP contribution is -2.01. The summed E-state index contributed by atoms with van der Waals surface area (Å²) in [6.45, 7) is 2.03. The number of phenolic OH excluding ortho intramolecular Hbond substituents is 1. The van der Waals surface area contributed by atoms with Gasteiger partial charge in [0.15, 0.2) is 10.7 Å². The van der Waals surface area contributed by atoms with Gasteiger partial charge in [0.1, 0.15) is 11.8 Å². The maximum Gasteiger partial charge on any atom is 0.196 e. The second-order valence-electron chi connectivity index (χ2n) is 5.13. The molecule has 0 fully saturated rings. The number of nitrogens with one attached hydrogen (secondary N) is 1. The first kappa shape index (κ1) is 15.7. The van der Waals surface area contributed by atoms with Gasteiger partial charge >= 0.3 is 0 Å². The highest BCUT2D eigenvalue weighted by Crippen LogP contribution is 2.23. The highest BCUT2D eigenvalue weighted by molar-refractivity contribution is 7.12. The van der Waals surface area contributed by atoms with Gasteiger partial charge in [0, 0.05) is 10.9 Å². The van der Waals surface area contributed by atoms with Crippen LogP contribution in [0.25, 0.3) is 11.3 Å². The zero-order chi connectivity index (χ0) is 16.9. The number of hydrogen-bond donors (Lipinski definition) is 2. The predicted octanol–water partition coefficient (Wildman–Crippen LogP) is 4.16. The van der Waals surface area contributed by atoms with Gasteiger partial charge in [-0.15, -0.1) is 11.3 Å². The Kier molecular flexibility index (Phi) is 4.54. The van der Waals surface area contributed by atoms with Crippen LogP contribution in [0.4, 0.5) is 5.69 Å². The summed E-state index contributed by atoms with van der Waals surface area (Å²) in [5.74, 6) is 0.174. The molecule has 0 atom stereocenters. The van der Waals surface area contributed by atoms with E-state index < -0.39 is 0 Å². The molecular weight excluding hydrogens is 320 g/mol. The molecule has 24 heavy (non-hydrogen) atoms. The Morgan fingerprint density at radius 2 is 1.88 bits per heavy atom. The van der Waals surface area contributed by atoms with Crippen LogP contribution in [0.3, 0.4) is 0 Å². The molecule has 3 aromatic rings. The van der Waals surface area contributed by atoms with E-state index in [4.69, 9.17) is 0 Å². The molecule has 2 N–H and O–H groups in total. The lowest BCUT2D eigenvalue weighted by molar-refractivity contribution is 0.475. The molecule has 0 unspecified atom stereocenters. The quantitative estimate of drug-likeness (QED) is 0.426. The van der Waals surface area contributed by atoms with E-state index in [0.717, 1.165) is 11.3 Å². The smallest absolute Gasteiger partial charge is 0.196 e. The molecular formula is C18H14N4OS. The predicted molar refractivity (Wildman–Crippen MR) is 96.2 cm³/mol. The molecule has 0 aliphatic carbocycles. The van der Waals surface area contributed by atoms with Gasteiger partial charge in [-0.05, 0) is 31.2 Å². The van der Waals surface area contributed by atoms with Gasteiger partial charge in [-0.2, -0.15) is 10.4 Å². The minimum atomic E-state index is 0.174. The van der Waals surface area contributed by atoms with Crippen LogP contribution in [0.2, 0.25) is 0 Å². The first-order valence-electron chi connectivity index (χ1n) is 7.21. The fourth-order valence-corrected chi connectivity index (χ4v) is 2.78. The highest BCUT2D eigenvalue weighted by Gasteiger charge is 2.10. The van der Waals surface area contributed by atoms with Crippen molar-refractivity contribution >= 4 is 22.7 Å². The molecule has 118 valence electrons. The van der Waals surface area contributed by atoms with Gasteiger partial charge in [0.25, 0.3) is 0 Å². The fraction of sp³-hybridized carbons (Fsp3) is 0.0556. The number of nitrogens with zero attached hydrogens (tertiary/aromatic N) is 3. The number of anilines is 1. The van der Waals surface area contributed by atoms with Crippen LogP contribution < -0.4 is 5.43 Å². The van der Waals surface area contributed by atoms with Crippen molar-refractivity contribution in [1.82, 2.24) is 4.98 Å². The molecule has 1 aromatic heterocycles. The van der Waals surface area contributed by atoms with E-state index in [1.807, 2.05) is 36.6 Å². The van der Waals surface area contributed by atoms with Crippen molar-refractivity contribution in [3.05, 3.63) is 64.5 Å². The van der Waals surface area contributed by atoms with Gasteiger partial charge in [-0.3, -0.25) is 5.43 Å². The number of thiazole rings is 1. The number of aryl methyl sites for hydroxylation is 1. The molecule has 6 heteroatoms. The largest absolute Gasteiger partial charge is 0.508 e. The van der Waals surface area contributed by atoms with Crippen LogP contribution in [0, 0.1) is 18.3 Å². The first-order chi connectivity index (χ1) is 11.7. The summed E-state index contributed by atoms with van der Waals surface area (Å²) in [5, 5.41) is 25.2. The molecule has 0 saturated heterocycles. The van der Waals surface area contributed by atoms with E-state index in [1.54, 1.807) is 24.3 Å². The van der Waals surface area contributed by atoms with Crippen molar-refractivity contribution in [1.29, 1.82) is 5.26 Å². The third-order valence-electron chi connectivity index (χ3n) is 3.32. The maximum absolute atomic E-state index is 9.32. The van der Waals surface area contributed by atoms with Crippen molar-refractivity contribution in [2.75, 3.05) is 5.43 Å². The number of benzene rings is 2. The van der Waals surface area contributed by atoms with Crippen LogP contribution in [0.15, 0.2) is 59.0 Å². The van der Waals surface area contributed by atoms with E-state index in [-0.39, 0.29) is 11.5 Å². The second kappa shape index (κ2) is 6.94. The molecule has 0 aliphatic rings. The monoisotopic (exact) mass is 334 g/mol. The van der Waals surface area contributed by atoms with Crippen molar-refractivity contribution in [3.63, 3.8) is 0 Å². The van der Waals surface area contributed by atoms with Gasteiger partial charge < -0.3 is 5.11 Å². The van der Waals surface area contributed by atoms with Gasteiger partial charge in [0.05, 0.1) is 11.4 Å². The Balaban J connectivity index is 1.81. The molecule has 2 aromatic carbocycles. The minimum Gasteiger partial charge on any atom is -0.508 e. The lowest BCUT2D eigenvalue weighted by Gasteiger charge is -2.00. The normalized spacial score (nSPS) is 11.1. The van der Waals surface area contributed by atoms with Crippen LogP contribution in [0.5, 0.6) is 5.75 Å². The van der Waals surface area contributed by atoms with E-state index in [9.17, 15) is 10.4 Å². The summed E-state index contributed by atoms with van der Waals surface area (Å²) in [4.78, 5) is 4.49. The summed E-state index contributed by atoms with van der Waals surface area (Å²) in [6, 6.07) is 16.6. The van der Waals surface area contributed by atoms with E-state index in [2.05, 4.69) is 21.6 Å². The summed E-state index contributed by atoms with van der Waals surface area (Å²) in [6.07, 6.45) is 0. The van der Waals surface area contributed by atoms with Crippen molar-refractivity contribution in [2.45, 2.75) is 6.92 Å². The van der Waals surface area contributed by atoms with Crippen LogP contribution in [-0.2, 0) is 0 Å². The van der Waals surface area contributed by atoms with E-state index in [1.165, 1.54) is 16.9 Å². The number of rotatable bonds is 4. The van der Waals surface area contributed by atoms with Crippen LogP contribution >= 0.6 is 11.3 Å².